The van der Waals surface area contributed by atoms with E-state index in [9.17, 15) is 14.4 Å². The monoisotopic (exact) mass is 318 g/mol. The third kappa shape index (κ3) is 3.68. The van der Waals surface area contributed by atoms with Gasteiger partial charge in [-0.1, -0.05) is 12.1 Å². The van der Waals surface area contributed by atoms with Gasteiger partial charge < -0.3 is 19.7 Å². The van der Waals surface area contributed by atoms with Crippen LogP contribution in [-0.2, 0) is 19.1 Å². The highest BCUT2D eigenvalue weighted by atomic mass is 16.7. The maximum atomic E-state index is 12.1. The van der Waals surface area contributed by atoms with E-state index < -0.39 is 17.7 Å². The van der Waals surface area contributed by atoms with Crippen LogP contribution in [0, 0.1) is 0 Å². The van der Waals surface area contributed by atoms with Crippen molar-refractivity contribution in [2.24, 2.45) is 0 Å². The first kappa shape index (κ1) is 16.5. The van der Waals surface area contributed by atoms with Crippen LogP contribution in [0.1, 0.15) is 24.2 Å². The van der Waals surface area contributed by atoms with Crippen molar-refractivity contribution in [3.63, 3.8) is 0 Å². The molecule has 1 N–H and O–H groups in total. The van der Waals surface area contributed by atoms with Crippen LogP contribution in [0.5, 0.6) is 0 Å². The molecule has 7 heteroatoms. The van der Waals surface area contributed by atoms with E-state index in [1.165, 1.54) is 24.9 Å². The first-order chi connectivity index (χ1) is 10.7. The van der Waals surface area contributed by atoms with E-state index in [2.05, 4.69) is 5.32 Å². The molecule has 1 aliphatic heterocycles. The molecule has 23 heavy (non-hydrogen) atoms. The number of hydrogen-bond acceptors (Lipinski definition) is 6. The zero-order chi connectivity index (χ0) is 17.2. The van der Waals surface area contributed by atoms with Gasteiger partial charge in [0.2, 0.25) is 0 Å². The van der Waals surface area contributed by atoms with Gasteiger partial charge in [-0.05, 0) is 12.1 Å². The fraction of sp³-hybridized carbons (Fsp3) is 0.312. The summed E-state index contributed by atoms with van der Waals surface area (Å²) in [5, 5.41) is 2.80. The molecule has 0 bridgehead atoms. The van der Waals surface area contributed by atoms with Crippen LogP contribution >= 0.6 is 0 Å². The maximum Gasteiger partial charge on any atom is 0.350 e. The number of nitrogens with zero attached hydrogens (tertiary/aromatic N) is 1. The molecular weight excluding hydrogens is 300 g/mol. The molecule has 1 aromatic rings. The summed E-state index contributed by atoms with van der Waals surface area (Å²) in [6, 6.07) is 6.76. The molecule has 1 fully saturated rings. The smallest absolute Gasteiger partial charge is 0.350 e. The number of cyclic esters (lactones) is 2. The Balaban J connectivity index is 2.26. The van der Waals surface area contributed by atoms with E-state index in [1.54, 1.807) is 38.4 Å². The number of anilines is 1. The van der Waals surface area contributed by atoms with E-state index in [4.69, 9.17) is 9.47 Å². The van der Waals surface area contributed by atoms with Crippen molar-refractivity contribution >= 4 is 23.5 Å². The van der Waals surface area contributed by atoms with Gasteiger partial charge in [0.25, 0.3) is 11.7 Å². The number of esters is 2. The van der Waals surface area contributed by atoms with Gasteiger partial charge >= 0.3 is 11.9 Å². The Kier molecular flexibility index (Phi) is 4.40. The van der Waals surface area contributed by atoms with Crippen molar-refractivity contribution in [3.8, 4) is 0 Å². The van der Waals surface area contributed by atoms with Crippen LogP contribution in [-0.4, -0.2) is 42.6 Å². The summed E-state index contributed by atoms with van der Waals surface area (Å²) < 4.78 is 9.99. The Hall–Kier alpha value is -2.83. The third-order valence-electron chi connectivity index (χ3n) is 3.05. The van der Waals surface area contributed by atoms with E-state index in [-0.39, 0.29) is 11.5 Å². The number of nitrogens with one attached hydrogen (secondary N) is 1. The van der Waals surface area contributed by atoms with Crippen LogP contribution in [0.2, 0.25) is 0 Å². The summed E-state index contributed by atoms with van der Waals surface area (Å²) in [6.07, 6.45) is 1.18. The molecule has 0 saturated carbocycles. The number of rotatable bonds is 3. The highest BCUT2D eigenvalue weighted by molar-refractivity contribution is 6.15. The lowest BCUT2D eigenvalue weighted by Crippen LogP contribution is -2.42. The Morgan fingerprint density at radius 1 is 1.13 bits per heavy atom. The van der Waals surface area contributed by atoms with Crippen LogP contribution in [0.3, 0.4) is 0 Å². The molecule has 1 saturated heterocycles. The molecular formula is C16H18N2O5. The van der Waals surface area contributed by atoms with E-state index >= 15 is 0 Å². The van der Waals surface area contributed by atoms with Crippen LogP contribution < -0.4 is 5.32 Å². The molecule has 2 rings (SSSR count). The number of hydrogen-bond donors (Lipinski definition) is 1. The molecule has 7 nitrogen and oxygen atoms in total. The number of amides is 1. The molecule has 0 atom stereocenters. The van der Waals surface area contributed by atoms with Crippen molar-refractivity contribution in [3.05, 3.63) is 41.6 Å². The number of carbonyl (C=O) groups excluding carboxylic acids is 3. The summed E-state index contributed by atoms with van der Waals surface area (Å²) in [5.41, 5.74) is 0.604. The molecule has 1 aromatic carbocycles. The summed E-state index contributed by atoms with van der Waals surface area (Å²) in [7, 11) is 3.27. The van der Waals surface area contributed by atoms with Crippen LogP contribution in [0.15, 0.2) is 36.0 Å². The Morgan fingerprint density at radius 2 is 1.70 bits per heavy atom. The summed E-state index contributed by atoms with van der Waals surface area (Å²) in [5.74, 6) is -3.06. The second-order valence-corrected chi connectivity index (χ2v) is 5.63. The zero-order valence-electron chi connectivity index (χ0n) is 13.4. The highest BCUT2D eigenvalue weighted by Crippen LogP contribution is 2.23. The van der Waals surface area contributed by atoms with Crippen molar-refractivity contribution in [1.29, 1.82) is 0 Å². The van der Waals surface area contributed by atoms with Crippen LogP contribution in [0.25, 0.3) is 0 Å². The first-order valence-electron chi connectivity index (χ1n) is 6.95. The predicted molar refractivity (Wildman–Crippen MR) is 82.4 cm³/mol. The lowest BCUT2D eigenvalue weighted by atomic mass is 10.1. The quantitative estimate of drug-likeness (QED) is 0.517. The fourth-order valence-electron chi connectivity index (χ4n) is 1.96. The number of ether oxygens (including phenoxy) is 2. The molecule has 0 aromatic heterocycles. The van der Waals surface area contributed by atoms with Gasteiger partial charge in [0.05, 0.1) is 11.3 Å². The number of para-hydroxylation sites is 1. The van der Waals surface area contributed by atoms with E-state index in [1.807, 2.05) is 0 Å². The third-order valence-corrected chi connectivity index (χ3v) is 3.05. The van der Waals surface area contributed by atoms with Gasteiger partial charge in [0.1, 0.15) is 0 Å². The SMILES string of the molecule is CN(C)C(=O)c1ccccc1NC=C1C(=O)OC(C)(C)OC1=O. The van der Waals surface area contributed by atoms with Crippen molar-refractivity contribution < 1.29 is 23.9 Å². The number of carbonyl (C=O) groups is 3. The van der Waals surface area contributed by atoms with Gasteiger partial charge in [-0.3, -0.25) is 4.79 Å². The average molecular weight is 318 g/mol. The van der Waals surface area contributed by atoms with Gasteiger partial charge in [-0.25, -0.2) is 9.59 Å². The molecule has 122 valence electrons. The predicted octanol–water partition coefficient (Wildman–Crippen LogP) is 1.52. The minimum Gasteiger partial charge on any atom is -0.419 e. The molecule has 1 heterocycles. The standard InChI is InChI=1S/C16H18N2O5/c1-16(2)22-14(20)11(15(21)23-16)9-17-12-8-6-5-7-10(12)13(19)18(3)4/h5-9,17H,1-4H3. The molecule has 0 aliphatic carbocycles. The molecule has 0 radical (unpaired) electrons. The normalized spacial score (nSPS) is 16.3. The molecule has 1 amide bonds. The largest absolute Gasteiger partial charge is 0.419 e. The van der Waals surface area contributed by atoms with Gasteiger partial charge in [0, 0.05) is 34.1 Å². The molecule has 0 unspecified atom stereocenters. The molecule has 1 aliphatic rings. The van der Waals surface area contributed by atoms with Crippen molar-refractivity contribution in [2.45, 2.75) is 19.6 Å². The second-order valence-electron chi connectivity index (χ2n) is 5.63. The second kappa shape index (κ2) is 6.12. The number of benzene rings is 1. The van der Waals surface area contributed by atoms with Crippen molar-refractivity contribution in [1.82, 2.24) is 4.90 Å². The van der Waals surface area contributed by atoms with Gasteiger partial charge in [0.15, 0.2) is 5.57 Å². The van der Waals surface area contributed by atoms with Crippen molar-refractivity contribution in [2.75, 3.05) is 19.4 Å². The average Bonchev–Trinajstić information content (AvgIpc) is 2.44. The Morgan fingerprint density at radius 3 is 2.26 bits per heavy atom. The van der Waals surface area contributed by atoms with Gasteiger partial charge in [-0.2, -0.15) is 0 Å². The lowest BCUT2D eigenvalue weighted by Gasteiger charge is -2.29. The minimum atomic E-state index is -1.29. The maximum absolute atomic E-state index is 12.1. The summed E-state index contributed by atoms with van der Waals surface area (Å²) in [6.45, 7) is 2.94. The van der Waals surface area contributed by atoms with Crippen LogP contribution in [0.4, 0.5) is 5.69 Å². The highest BCUT2D eigenvalue weighted by Gasteiger charge is 2.39. The summed E-state index contributed by atoms with van der Waals surface area (Å²) >= 11 is 0. The van der Waals surface area contributed by atoms with E-state index in [0.717, 1.165) is 0 Å². The summed E-state index contributed by atoms with van der Waals surface area (Å²) in [4.78, 5) is 37.3. The topological polar surface area (TPSA) is 84.9 Å². The lowest BCUT2D eigenvalue weighted by molar-refractivity contribution is -0.222. The minimum absolute atomic E-state index is 0.207. The Labute approximate surface area is 133 Å². The Bertz CT molecular complexity index is 669. The van der Waals surface area contributed by atoms with E-state index in [0.29, 0.717) is 11.3 Å². The molecule has 0 spiro atoms. The fourth-order valence-corrected chi connectivity index (χ4v) is 1.96. The zero-order valence-corrected chi connectivity index (χ0v) is 13.4. The first-order valence-corrected chi connectivity index (χ1v) is 6.95. The van der Waals surface area contributed by atoms with Gasteiger partial charge in [-0.15, -0.1) is 0 Å².